The molecule has 3 heterocycles. The molecule has 2 aromatic heterocycles. The monoisotopic (exact) mass is 297 g/mol. The molecule has 22 heavy (non-hydrogen) atoms. The van der Waals surface area contributed by atoms with Crippen LogP contribution < -0.4 is 5.32 Å². The minimum Gasteiger partial charge on any atom is -0.309 e. The van der Waals surface area contributed by atoms with Gasteiger partial charge < -0.3 is 10.2 Å². The zero-order valence-corrected chi connectivity index (χ0v) is 13.2. The molecule has 5 nitrogen and oxygen atoms in total. The van der Waals surface area contributed by atoms with E-state index in [9.17, 15) is 0 Å². The van der Waals surface area contributed by atoms with Crippen LogP contribution in [0, 0.1) is 0 Å². The van der Waals surface area contributed by atoms with Crippen molar-refractivity contribution in [1.29, 1.82) is 0 Å². The molecular formula is C17H23N5. The topological polar surface area (TPSA) is 53.9 Å². The van der Waals surface area contributed by atoms with Crippen molar-refractivity contribution >= 4 is 11.8 Å². The SMILES string of the molecule is CC(C)N1CCCC(c2cccc(Nc3ncccn3)n2)C1. The first-order valence-corrected chi connectivity index (χ1v) is 7.97. The van der Waals surface area contributed by atoms with Gasteiger partial charge in [-0.1, -0.05) is 6.07 Å². The van der Waals surface area contributed by atoms with Crippen LogP contribution in [-0.2, 0) is 0 Å². The first-order chi connectivity index (χ1) is 10.7. The fourth-order valence-electron chi connectivity index (χ4n) is 2.94. The summed E-state index contributed by atoms with van der Waals surface area (Å²) in [5, 5.41) is 3.17. The number of aromatic nitrogens is 3. The highest BCUT2D eigenvalue weighted by molar-refractivity contribution is 5.47. The van der Waals surface area contributed by atoms with Gasteiger partial charge in [-0.3, -0.25) is 0 Å². The molecule has 2 aromatic rings. The zero-order chi connectivity index (χ0) is 15.4. The van der Waals surface area contributed by atoms with Crippen LogP contribution >= 0.6 is 0 Å². The average molecular weight is 297 g/mol. The summed E-state index contributed by atoms with van der Waals surface area (Å²) in [4.78, 5) is 15.7. The summed E-state index contributed by atoms with van der Waals surface area (Å²) < 4.78 is 0. The number of anilines is 2. The summed E-state index contributed by atoms with van der Waals surface area (Å²) >= 11 is 0. The summed E-state index contributed by atoms with van der Waals surface area (Å²) in [5.74, 6) is 1.90. The molecule has 1 N–H and O–H groups in total. The number of piperidine rings is 1. The number of hydrogen-bond donors (Lipinski definition) is 1. The van der Waals surface area contributed by atoms with Gasteiger partial charge in [0.05, 0.1) is 0 Å². The maximum absolute atomic E-state index is 4.77. The molecule has 1 fully saturated rings. The van der Waals surface area contributed by atoms with Gasteiger partial charge in [0.15, 0.2) is 0 Å². The normalized spacial score (nSPS) is 19.3. The van der Waals surface area contributed by atoms with E-state index in [2.05, 4.69) is 46.2 Å². The Labute approximate surface area is 131 Å². The van der Waals surface area contributed by atoms with E-state index < -0.39 is 0 Å². The van der Waals surface area contributed by atoms with Crippen LogP contribution in [0.2, 0.25) is 0 Å². The maximum atomic E-state index is 4.77. The van der Waals surface area contributed by atoms with Crippen molar-refractivity contribution in [2.24, 2.45) is 0 Å². The molecular weight excluding hydrogens is 274 g/mol. The third-order valence-corrected chi connectivity index (χ3v) is 4.18. The predicted molar refractivity (Wildman–Crippen MR) is 88.2 cm³/mol. The van der Waals surface area contributed by atoms with E-state index >= 15 is 0 Å². The van der Waals surface area contributed by atoms with Crippen molar-refractivity contribution in [3.05, 3.63) is 42.4 Å². The molecule has 1 aliphatic rings. The first kappa shape index (κ1) is 14.9. The Kier molecular flexibility index (Phi) is 4.63. The molecule has 1 aliphatic heterocycles. The summed E-state index contributed by atoms with van der Waals surface area (Å²) in [6.07, 6.45) is 5.90. The summed E-state index contributed by atoms with van der Waals surface area (Å²) in [6, 6.07) is 8.55. The first-order valence-electron chi connectivity index (χ1n) is 7.97. The van der Waals surface area contributed by atoms with Crippen LogP contribution in [0.5, 0.6) is 0 Å². The lowest BCUT2D eigenvalue weighted by molar-refractivity contribution is 0.166. The van der Waals surface area contributed by atoms with Crippen LogP contribution in [0.1, 0.15) is 38.3 Å². The minimum atomic E-state index is 0.509. The standard InChI is InChI=1S/C17H23N5/c1-13(2)22-11-4-6-14(12-22)15-7-3-8-16(20-15)21-17-18-9-5-10-19-17/h3,5,7-10,13-14H,4,6,11-12H2,1-2H3,(H,18,19,20,21). The smallest absolute Gasteiger partial charge is 0.228 e. The van der Waals surface area contributed by atoms with E-state index in [4.69, 9.17) is 4.98 Å². The Morgan fingerprint density at radius 1 is 1.18 bits per heavy atom. The van der Waals surface area contributed by atoms with Gasteiger partial charge in [0.1, 0.15) is 5.82 Å². The van der Waals surface area contributed by atoms with E-state index in [0.29, 0.717) is 17.9 Å². The Morgan fingerprint density at radius 2 is 2.00 bits per heavy atom. The van der Waals surface area contributed by atoms with Crippen molar-refractivity contribution in [3.63, 3.8) is 0 Å². The Morgan fingerprint density at radius 3 is 2.77 bits per heavy atom. The fraction of sp³-hybridized carbons (Fsp3) is 0.471. The lowest BCUT2D eigenvalue weighted by Crippen LogP contribution is -2.39. The van der Waals surface area contributed by atoms with Crippen molar-refractivity contribution in [1.82, 2.24) is 19.9 Å². The molecule has 0 amide bonds. The van der Waals surface area contributed by atoms with E-state index in [-0.39, 0.29) is 0 Å². The van der Waals surface area contributed by atoms with Gasteiger partial charge in [-0.15, -0.1) is 0 Å². The molecule has 0 bridgehead atoms. The molecule has 1 saturated heterocycles. The number of hydrogen-bond acceptors (Lipinski definition) is 5. The van der Waals surface area contributed by atoms with Gasteiger partial charge in [0.25, 0.3) is 0 Å². The average Bonchev–Trinajstić information content (AvgIpc) is 2.56. The van der Waals surface area contributed by atoms with Crippen LogP contribution in [0.15, 0.2) is 36.7 Å². The molecule has 0 radical (unpaired) electrons. The van der Waals surface area contributed by atoms with Gasteiger partial charge in [-0.2, -0.15) is 0 Å². The fourth-order valence-corrected chi connectivity index (χ4v) is 2.94. The van der Waals surface area contributed by atoms with Gasteiger partial charge in [-0.05, 0) is 51.4 Å². The second-order valence-electron chi connectivity index (χ2n) is 6.07. The highest BCUT2D eigenvalue weighted by Crippen LogP contribution is 2.27. The summed E-state index contributed by atoms with van der Waals surface area (Å²) in [7, 11) is 0. The van der Waals surface area contributed by atoms with Crippen LogP contribution in [-0.4, -0.2) is 39.0 Å². The second kappa shape index (κ2) is 6.83. The number of pyridine rings is 1. The van der Waals surface area contributed by atoms with Gasteiger partial charge in [-0.25, -0.2) is 15.0 Å². The third kappa shape index (κ3) is 3.60. The molecule has 0 saturated carbocycles. The third-order valence-electron chi connectivity index (χ3n) is 4.18. The molecule has 0 aromatic carbocycles. The van der Waals surface area contributed by atoms with Crippen LogP contribution in [0.3, 0.4) is 0 Å². The molecule has 5 heteroatoms. The Balaban J connectivity index is 1.73. The Bertz CT molecular complexity index is 599. The quantitative estimate of drug-likeness (QED) is 0.939. The number of nitrogens with zero attached hydrogens (tertiary/aromatic N) is 4. The molecule has 3 rings (SSSR count). The Hall–Kier alpha value is -2.01. The molecule has 0 aliphatic carbocycles. The lowest BCUT2D eigenvalue weighted by Gasteiger charge is -2.35. The van der Waals surface area contributed by atoms with Crippen molar-refractivity contribution in [3.8, 4) is 0 Å². The van der Waals surface area contributed by atoms with Crippen LogP contribution in [0.4, 0.5) is 11.8 Å². The number of likely N-dealkylation sites (tertiary alicyclic amines) is 1. The van der Waals surface area contributed by atoms with E-state index in [1.807, 2.05) is 6.07 Å². The molecule has 1 unspecified atom stereocenters. The van der Waals surface area contributed by atoms with Gasteiger partial charge in [0.2, 0.25) is 5.95 Å². The summed E-state index contributed by atoms with van der Waals surface area (Å²) in [6.45, 7) is 6.82. The molecule has 1 atom stereocenters. The number of nitrogens with one attached hydrogen (secondary N) is 1. The largest absolute Gasteiger partial charge is 0.309 e. The minimum absolute atomic E-state index is 0.509. The maximum Gasteiger partial charge on any atom is 0.228 e. The van der Waals surface area contributed by atoms with Gasteiger partial charge in [0, 0.05) is 36.6 Å². The van der Waals surface area contributed by atoms with Crippen molar-refractivity contribution in [2.75, 3.05) is 18.4 Å². The van der Waals surface area contributed by atoms with E-state index in [1.54, 1.807) is 18.5 Å². The van der Waals surface area contributed by atoms with Crippen molar-refractivity contribution < 1.29 is 0 Å². The summed E-state index contributed by atoms with van der Waals surface area (Å²) in [5.41, 5.74) is 1.16. The van der Waals surface area contributed by atoms with Crippen LogP contribution in [0.25, 0.3) is 0 Å². The highest BCUT2D eigenvalue weighted by Gasteiger charge is 2.23. The molecule has 0 spiro atoms. The van der Waals surface area contributed by atoms with E-state index in [0.717, 1.165) is 18.1 Å². The predicted octanol–water partition coefficient (Wildman–Crippen LogP) is 3.20. The lowest BCUT2D eigenvalue weighted by atomic mass is 9.93. The van der Waals surface area contributed by atoms with Crippen molar-refractivity contribution in [2.45, 2.75) is 38.6 Å². The zero-order valence-electron chi connectivity index (χ0n) is 13.2. The second-order valence-corrected chi connectivity index (χ2v) is 6.07. The van der Waals surface area contributed by atoms with Gasteiger partial charge >= 0.3 is 0 Å². The highest BCUT2D eigenvalue weighted by atomic mass is 15.2. The number of rotatable bonds is 4. The van der Waals surface area contributed by atoms with E-state index in [1.165, 1.54) is 19.4 Å². The molecule has 116 valence electrons.